The molecule has 1 amide bonds. The van der Waals surface area contributed by atoms with Crippen LogP contribution in [0.25, 0.3) is 0 Å². The highest BCUT2D eigenvalue weighted by Crippen LogP contribution is 2.23. The van der Waals surface area contributed by atoms with Crippen molar-refractivity contribution in [2.45, 2.75) is 26.7 Å². The molecular formula is C14H24N4O. The van der Waals surface area contributed by atoms with Gasteiger partial charge >= 0.3 is 6.03 Å². The molecule has 0 bridgehead atoms. The van der Waals surface area contributed by atoms with Crippen molar-refractivity contribution in [1.82, 2.24) is 19.8 Å². The first-order valence-corrected chi connectivity index (χ1v) is 7.15. The number of nitrogens with one attached hydrogen (secondary N) is 1. The molecule has 1 saturated heterocycles. The number of rotatable bonds is 4. The van der Waals surface area contributed by atoms with E-state index >= 15 is 0 Å². The summed E-state index contributed by atoms with van der Waals surface area (Å²) in [5.41, 5.74) is 0. The highest BCUT2D eigenvalue weighted by atomic mass is 16.2. The fraction of sp³-hybridized carbons (Fsp3) is 0.714. The maximum Gasteiger partial charge on any atom is 0.326 e. The Morgan fingerprint density at radius 1 is 1.42 bits per heavy atom. The van der Waals surface area contributed by atoms with Gasteiger partial charge in [0.05, 0.1) is 0 Å². The molecule has 1 aliphatic heterocycles. The summed E-state index contributed by atoms with van der Waals surface area (Å²) in [6.07, 6.45) is 7.35. The molecule has 0 radical (unpaired) electrons. The monoisotopic (exact) mass is 264 g/mol. The number of amides is 1. The number of hydrogen-bond donors (Lipinski definition) is 1. The molecule has 0 aliphatic carbocycles. The largest absolute Gasteiger partial charge is 0.336 e. The third-order valence-corrected chi connectivity index (χ3v) is 4.02. The summed E-state index contributed by atoms with van der Waals surface area (Å²) in [4.78, 5) is 18.0. The predicted molar refractivity (Wildman–Crippen MR) is 75.0 cm³/mol. The first-order valence-electron chi connectivity index (χ1n) is 7.15. The topological polar surface area (TPSA) is 50.2 Å². The van der Waals surface area contributed by atoms with Gasteiger partial charge in [0.2, 0.25) is 0 Å². The maximum atomic E-state index is 11.7. The highest BCUT2D eigenvalue weighted by molar-refractivity contribution is 5.76. The van der Waals surface area contributed by atoms with Gasteiger partial charge in [-0.2, -0.15) is 0 Å². The molecule has 1 aromatic heterocycles. The van der Waals surface area contributed by atoms with Crippen LogP contribution in [0.3, 0.4) is 0 Å². The molecule has 5 heteroatoms. The normalized spacial score (nSPS) is 17.8. The number of nitrogens with zero attached hydrogens (tertiary/aromatic N) is 3. The molecule has 2 rings (SSSR count). The van der Waals surface area contributed by atoms with Crippen LogP contribution in [0.2, 0.25) is 0 Å². The van der Waals surface area contributed by atoms with Crippen molar-refractivity contribution in [3.05, 3.63) is 18.7 Å². The Morgan fingerprint density at radius 3 is 2.74 bits per heavy atom. The van der Waals surface area contributed by atoms with Crippen molar-refractivity contribution in [2.24, 2.45) is 11.8 Å². The molecule has 19 heavy (non-hydrogen) atoms. The Hall–Kier alpha value is -1.36. The predicted octanol–water partition coefficient (Wildman–Crippen LogP) is 1.81. The lowest BCUT2D eigenvalue weighted by molar-refractivity contribution is 0.158. The fourth-order valence-electron chi connectivity index (χ4n) is 2.63. The van der Waals surface area contributed by atoms with E-state index < -0.39 is 0 Å². The van der Waals surface area contributed by atoms with Gasteiger partial charge in [0, 0.05) is 25.5 Å². The molecule has 5 nitrogen and oxygen atoms in total. The number of piperidine rings is 1. The smallest absolute Gasteiger partial charge is 0.326 e. The van der Waals surface area contributed by atoms with E-state index in [4.69, 9.17) is 0 Å². The van der Waals surface area contributed by atoms with Crippen LogP contribution in [0, 0.1) is 11.8 Å². The van der Waals surface area contributed by atoms with Crippen LogP contribution in [-0.4, -0.2) is 46.7 Å². The molecule has 0 saturated carbocycles. The van der Waals surface area contributed by atoms with Crippen LogP contribution >= 0.6 is 0 Å². The Morgan fingerprint density at radius 2 is 2.16 bits per heavy atom. The van der Waals surface area contributed by atoms with Gasteiger partial charge in [0.25, 0.3) is 0 Å². The van der Waals surface area contributed by atoms with Crippen molar-refractivity contribution in [1.29, 1.82) is 0 Å². The second kappa shape index (κ2) is 6.70. The Kier molecular flexibility index (Phi) is 4.96. The van der Waals surface area contributed by atoms with Crippen molar-refractivity contribution < 1.29 is 4.79 Å². The maximum absolute atomic E-state index is 11.7. The van der Waals surface area contributed by atoms with Gasteiger partial charge in [0.1, 0.15) is 6.33 Å². The molecule has 0 spiro atoms. The zero-order valence-corrected chi connectivity index (χ0v) is 11.9. The van der Waals surface area contributed by atoms with Gasteiger partial charge in [-0.15, -0.1) is 0 Å². The lowest BCUT2D eigenvalue weighted by atomic mass is 9.87. The van der Waals surface area contributed by atoms with Crippen molar-refractivity contribution >= 4 is 6.03 Å². The Bertz CT molecular complexity index is 380. The summed E-state index contributed by atoms with van der Waals surface area (Å²) in [6, 6.07) is -0.102. The van der Waals surface area contributed by atoms with E-state index in [-0.39, 0.29) is 6.03 Å². The second-order valence-corrected chi connectivity index (χ2v) is 5.62. The lowest BCUT2D eigenvalue weighted by Gasteiger charge is -2.33. The average Bonchev–Trinajstić information content (AvgIpc) is 2.93. The standard InChI is InChI=1S/C14H24N4O/c1-12(2)13-3-7-17(8-4-13)9-6-16-14(19)18-10-5-15-11-18/h5,10-13H,3-4,6-9H2,1-2H3,(H,16,19). The van der Waals surface area contributed by atoms with Crippen molar-refractivity contribution in [2.75, 3.05) is 26.2 Å². The molecule has 1 N–H and O–H groups in total. The zero-order valence-electron chi connectivity index (χ0n) is 11.9. The van der Waals surface area contributed by atoms with Crippen LogP contribution in [0.5, 0.6) is 0 Å². The molecular weight excluding hydrogens is 240 g/mol. The van der Waals surface area contributed by atoms with Crippen molar-refractivity contribution in [3.8, 4) is 0 Å². The number of likely N-dealkylation sites (tertiary alicyclic amines) is 1. The number of imidazole rings is 1. The summed E-state index contributed by atoms with van der Waals surface area (Å²) in [5, 5.41) is 2.91. The van der Waals surface area contributed by atoms with E-state index in [1.54, 1.807) is 12.4 Å². The van der Waals surface area contributed by atoms with E-state index in [1.165, 1.54) is 23.7 Å². The van der Waals surface area contributed by atoms with Crippen LogP contribution in [0.1, 0.15) is 26.7 Å². The molecule has 1 aliphatic rings. The van der Waals surface area contributed by atoms with E-state index in [0.29, 0.717) is 6.54 Å². The third-order valence-electron chi connectivity index (χ3n) is 4.02. The zero-order chi connectivity index (χ0) is 13.7. The first kappa shape index (κ1) is 14.1. The minimum Gasteiger partial charge on any atom is -0.336 e. The minimum absolute atomic E-state index is 0.102. The molecule has 2 heterocycles. The molecule has 0 aromatic carbocycles. The number of carbonyl (C=O) groups excluding carboxylic acids is 1. The van der Waals surface area contributed by atoms with E-state index in [0.717, 1.165) is 31.5 Å². The molecule has 1 fully saturated rings. The van der Waals surface area contributed by atoms with Crippen LogP contribution in [0.15, 0.2) is 18.7 Å². The molecule has 1 aromatic rings. The lowest BCUT2D eigenvalue weighted by Crippen LogP contribution is -2.41. The second-order valence-electron chi connectivity index (χ2n) is 5.62. The quantitative estimate of drug-likeness (QED) is 0.902. The van der Waals surface area contributed by atoms with Gasteiger partial charge in [-0.1, -0.05) is 13.8 Å². The SMILES string of the molecule is CC(C)C1CCN(CCNC(=O)n2ccnc2)CC1. The molecule has 0 unspecified atom stereocenters. The highest BCUT2D eigenvalue weighted by Gasteiger charge is 2.21. The summed E-state index contributed by atoms with van der Waals surface area (Å²) >= 11 is 0. The Labute approximate surface area is 115 Å². The average molecular weight is 264 g/mol. The number of hydrogen-bond acceptors (Lipinski definition) is 3. The van der Waals surface area contributed by atoms with Gasteiger partial charge < -0.3 is 10.2 Å². The van der Waals surface area contributed by atoms with Crippen LogP contribution in [0.4, 0.5) is 4.79 Å². The third kappa shape index (κ3) is 4.06. The van der Waals surface area contributed by atoms with Gasteiger partial charge in [-0.05, 0) is 37.8 Å². The summed E-state index contributed by atoms with van der Waals surface area (Å²) < 4.78 is 1.46. The van der Waals surface area contributed by atoms with Gasteiger partial charge in [-0.25, -0.2) is 9.78 Å². The van der Waals surface area contributed by atoms with Crippen molar-refractivity contribution in [3.63, 3.8) is 0 Å². The number of carbonyl (C=O) groups is 1. The molecule has 0 atom stereocenters. The van der Waals surface area contributed by atoms with E-state index in [9.17, 15) is 4.79 Å². The Balaban J connectivity index is 1.63. The van der Waals surface area contributed by atoms with Crippen LogP contribution < -0.4 is 5.32 Å². The van der Waals surface area contributed by atoms with Gasteiger partial charge in [0.15, 0.2) is 0 Å². The summed E-state index contributed by atoms with van der Waals surface area (Å²) in [5.74, 6) is 1.67. The van der Waals surface area contributed by atoms with E-state index in [1.807, 2.05) is 0 Å². The number of aromatic nitrogens is 2. The summed E-state index contributed by atoms with van der Waals surface area (Å²) in [7, 11) is 0. The van der Waals surface area contributed by atoms with E-state index in [2.05, 4.69) is 29.0 Å². The first-order chi connectivity index (χ1) is 9.16. The fourth-order valence-corrected chi connectivity index (χ4v) is 2.63. The van der Waals surface area contributed by atoms with Crippen LogP contribution in [-0.2, 0) is 0 Å². The summed E-state index contributed by atoms with van der Waals surface area (Å²) in [6.45, 7) is 8.57. The molecule has 106 valence electrons. The van der Waals surface area contributed by atoms with Gasteiger partial charge in [-0.3, -0.25) is 4.57 Å². The minimum atomic E-state index is -0.102.